The molecule has 0 fully saturated rings. The molecule has 1 aliphatic heterocycles. The second kappa shape index (κ2) is 8.69. The molecule has 0 saturated carbocycles. The lowest BCUT2D eigenvalue weighted by atomic mass is 10.00. The monoisotopic (exact) mass is 408 g/mol. The van der Waals surface area contributed by atoms with Crippen molar-refractivity contribution in [1.82, 2.24) is 19.7 Å². The van der Waals surface area contributed by atoms with Gasteiger partial charge in [-0.3, -0.25) is 9.36 Å². The van der Waals surface area contributed by atoms with E-state index in [0.29, 0.717) is 18.9 Å². The van der Waals surface area contributed by atoms with Crippen LogP contribution in [0.1, 0.15) is 23.9 Å². The van der Waals surface area contributed by atoms with Crippen molar-refractivity contribution in [3.05, 3.63) is 65.5 Å². The first-order valence-electron chi connectivity index (χ1n) is 9.78. The highest BCUT2D eigenvalue weighted by Crippen LogP contribution is 2.25. The van der Waals surface area contributed by atoms with E-state index >= 15 is 0 Å². The van der Waals surface area contributed by atoms with Crippen molar-refractivity contribution in [3.8, 4) is 11.4 Å². The van der Waals surface area contributed by atoms with Crippen LogP contribution in [0.4, 0.5) is 0 Å². The average molecular weight is 409 g/mol. The third-order valence-electron chi connectivity index (χ3n) is 5.01. The van der Waals surface area contributed by atoms with Crippen molar-refractivity contribution >= 4 is 17.7 Å². The molecular weight excluding hydrogens is 384 g/mol. The van der Waals surface area contributed by atoms with E-state index in [0.717, 1.165) is 35.4 Å². The van der Waals surface area contributed by atoms with Crippen LogP contribution >= 0.6 is 11.8 Å². The minimum absolute atomic E-state index is 0.128. The Balaban J connectivity index is 1.43. The van der Waals surface area contributed by atoms with Crippen molar-refractivity contribution in [1.29, 1.82) is 0 Å². The van der Waals surface area contributed by atoms with E-state index in [-0.39, 0.29) is 5.91 Å². The molecule has 0 unspecified atom stereocenters. The van der Waals surface area contributed by atoms with E-state index in [1.807, 2.05) is 53.6 Å². The number of carbonyl (C=O) groups is 1. The number of carbonyl (C=O) groups excluding carboxylic acids is 1. The van der Waals surface area contributed by atoms with Gasteiger partial charge in [0.25, 0.3) is 0 Å². The number of amides is 1. The smallest absolute Gasteiger partial charge is 0.233 e. The van der Waals surface area contributed by atoms with Gasteiger partial charge in [-0.2, -0.15) is 0 Å². The first-order chi connectivity index (χ1) is 14.2. The van der Waals surface area contributed by atoms with Crippen LogP contribution in [0.15, 0.2) is 53.7 Å². The Labute approximate surface area is 174 Å². The molecule has 0 spiro atoms. The zero-order chi connectivity index (χ0) is 20.2. The number of aromatic nitrogens is 3. The summed E-state index contributed by atoms with van der Waals surface area (Å²) in [6, 6.07) is 16.2. The second-order valence-corrected chi connectivity index (χ2v) is 7.86. The van der Waals surface area contributed by atoms with E-state index in [4.69, 9.17) is 4.74 Å². The highest BCUT2D eigenvalue weighted by atomic mass is 32.2. The number of benzene rings is 2. The van der Waals surface area contributed by atoms with Gasteiger partial charge in [-0.15, -0.1) is 10.2 Å². The van der Waals surface area contributed by atoms with Gasteiger partial charge in [-0.05, 0) is 55.7 Å². The van der Waals surface area contributed by atoms with Crippen molar-refractivity contribution < 1.29 is 9.53 Å². The molecule has 150 valence electrons. The molecule has 1 aromatic heterocycles. The molecule has 0 saturated heterocycles. The van der Waals surface area contributed by atoms with Crippen LogP contribution in [0.3, 0.4) is 0 Å². The average Bonchev–Trinajstić information content (AvgIpc) is 3.13. The van der Waals surface area contributed by atoms with Gasteiger partial charge >= 0.3 is 0 Å². The maximum atomic E-state index is 12.8. The standard InChI is InChI=1S/C22H24N4O2S/c1-3-28-20-10-8-19(9-11-20)26-16(2)23-24-22(26)29-15-21(27)25-13-12-17-6-4-5-7-18(17)14-25/h4-11H,3,12-15H2,1-2H3. The van der Waals surface area contributed by atoms with Gasteiger partial charge in [0.2, 0.25) is 5.91 Å². The van der Waals surface area contributed by atoms with Gasteiger partial charge in [-0.25, -0.2) is 0 Å². The summed E-state index contributed by atoms with van der Waals surface area (Å²) in [5.41, 5.74) is 3.54. The third-order valence-corrected chi connectivity index (χ3v) is 5.92. The Morgan fingerprint density at radius 1 is 1.10 bits per heavy atom. The van der Waals surface area contributed by atoms with Crippen molar-refractivity contribution in [2.24, 2.45) is 0 Å². The van der Waals surface area contributed by atoms with E-state index in [1.54, 1.807) is 0 Å². The second-order valence-electron chi connectivity index (χ2n) is 6.91. The van der Waals surface area contributed by atoms with Gasteiger partial charge in [0.05, 0.1) is 12.4 Å². The molecule has 7 heteroatoms. The third kappa shape index (κ3) is 4.29. The summed E-state index contributed by atoms with van der Waals surface area (Å²) < 4.78 is 7.49. The zero-order valence-electron chi connectivity index (χ0n) is 16.7. The predicted octanol–water partition coefficient (Wildman–Crippen LogP) is 3.65. The molecule has 29 heavy (non-hydrogen) atoms. The Kier molecular flexibility index (Phi) is 5.85. The molecule has 4 rings (SSSR count). The van der Waals surface area contributed by atoms with Gasteiger partial charge in [0, 0.05) is 18.8 Å². The summed E-state index contributed by atoms with van der Waals surface area (Å²) in [4.78, 5) is 14.7. The van der Waals surface area contributed by atoms with E-state index in [9.17, 15) is 4.79 Å². The van der Waals surface area contributed by atoms with Gasteiger partial charge in [-0.1, -0.05) is 36.0 Å². The molecular formula is C22H24N4O2S. The minimum Gasteiger partial charge on any atom is -0.494 e. The maximum Gasteiger partial charge on any atom is 0.233 e. The Morgan fingerprint density at radius 2 is 1.86 bits per heavy atom. The largest absolute Gasteiger partial charge is 0.494 e. The number of hydrogen-bond donors (Lipinski definition) is 0. The molecule has 1 aliphatic rings. The molecule has 0 atom stereocenters. The number of ether oxygens (including phenoxy) is 1. The highest BCUT2D eigenvalue weighted by Gasteiger charge is 2.21. The molecule has 0 aliphatic carbocycles. The maximum absolute atomic E-state index is 12.8. The summed E-state index contributed by atoms with van der Waals surface area (Å²) in [7, 11) is 0. The molecule has 0 bridgehead atoms. The molecule has 3 aromatic rings. The SMILES string of the molecule is CCOc1ccc(-n2c(C)nnc2SCC(=O)N2CCc3ccccc3C2)cc1. The van der Waals surface area contributed by atoms with Crippen LogP contribution in [-0.4, -0.2) is 44.5 Å². The Hall–Kier alpha value is -2.80. The zero-order valence-corrected chi connectivity index (χ0v) is 17.5. The van der Waals surface area contributed by atoms with Crippen molar-refractivity contribution in [3.63, 3.8) is 0 Å². The first-order valence-corrected chi connectivity index (χ1v) is 10.8. The van der Waals surface area contributed by atoms with Gasteiger partial charge in [0.15, 0.2) is 5.16 Å². The predicted molar refractivity (Wildman–Crippen MR) is 114 cm³/mol. The lowest BCUT2D eigenvalue weighted by Crippen LogP contribution is -2.37. The number of thioether (sulfide) groups is 1. The number of nitrogens with zero attached hydrogens (tertiary/aromatic N) is 4. The molecule has 0 N–H and O–H groups in total. The van der Waals surface area contributed by atoms with Crippen LogP contribution in [-0.2, 0) is 17.8 Å². The Bertz CT molecular complexity index is 1000. The highest BCUT2D eigenvalue weighted by molar-refractivity contribution is 7.99. The van der Waals surface area contributed by atoms with Gasteiger partial charge < -0.3 is 9.64 Å². The first kappa shape index (κ1) is 19.5. The topological polar surface area (TPSA) is 60.2 Å². The van der Waals surface area contributed by atoms with Crippen molar-refractivity contribution in [2.45, 2.75) is 32.0 Å². The van der Waals surface area contributed by atoms with Crippen LogP contribution in [0.2, 0.25) is 0 Å². The molecule has 1 amide bonds. The summed E-state index contributed by atoms with van der Waals surface area (Å²) in [5.74, 6) is 2.09. The lowest BCUT2D eigenvalue weighted by Gasteiger charge is -2.28. The van der Waals surface area contributed by atoms with E-state index in [1.165, 1.54) is 22.9 Å². The van der Waals surface area contributed by atoms with Gasteiger partial charge in [0.1, 0.15) is 11.6 Å². The number of hydrogen-bond acceptors (Lipinski definition) is 5. The van der Waals surface area contributed by atoms with Crippen LogP contribution < -0.4 is 4.74 Å². The van der Waals surface area contributed by atoms with Crippen LogP contribution in [0.25, 0.3) is 5.69 Å². The lowest BCUT2D eigenvalue weighted by molar-refractivity contribution is -0.129. The van der Waals surface area contributed by atoms with E-state index in [2.05, 4.69) is 28.4 Å². The van der Waals surface area contributed by atoms with Crippen LogP contribution in [0.5, 0.6) is 5.75 Å². The summed E-state index contributed by atoms with van der Waals surface area (Å²) >= 11 is 1.43. The van der Waals surface area contributed by atoms with E-state index < -0.39 is 0 Å². The number of fused-ring (bicyclic) bond motifs is 1. The fraction of sp³-hybridized carbons (Fsp3) is 0.318. The fourth-order valence-electron chi connectivity index (χ4n) is 3.52. The minimum atomic E-state index is 0.128. The molecule has 6 nitrogen and oxygen atoms in total. The summed E-state index contributed by atoms with van der Waals surface area (Å²) in [6.45, 7) is 5.96. The summed E-state index contributed by atoms with van der Waals surface area (Å²) in [6.07, 6.45) is 0.911. The molecule has 0 radical (unpaired) electrons. The quantitative estimate of drug-likeness (QED) is 0.583. The number of aryl methyl sites for hydroxylation is 1. The molecule has 2 aromatic carbocycles. The normalized spacial score (nSPS) is 13.2. The molecule has 2 heterocycles. The summed E-state index contributed by atoms with van der Waals surface area (Å²) in [5, 5.41) is 9.21. The Morgan fingerprint density at radius 3 is 2.62 bits per heavy atom. The fourth-order valence-corrected chi connectivity index (χ4v) is 4.42. The number of rotatable bonds is 6. The van der Waals surface area contributed by atoms with Crippen LogP contribution in [0, 0.1) is 6.92 Å². The van der Waals surface area contributed by atoms with Crippen molar-refractivity contribution in [2.75, 3.05) is 18.9 Å².